The SMILES string of the molecule is Cc1cnc(CNc2cccc(C#N)c2)o1. The van der Waals surface area contributed by atoms with Gasteiger partial charge >= 0.3 is 0 Å². The molecule has 0 unspecified atom stereocenters. The molecule has 0 bridgehead atoms. The lowest BCUT2D eigenvalue weighted by molar-refractivity contribution is 0.479. The Morgan fingerprint density at radius 1 is 1.50 bits per heavy atom. The van der Waals surface area contributed by atoms with Crippen LogP contribution in [0.3, 0.4) is 0 Å². The van der Waals surface area contributed by atoms with Crippen LogP contribution in [0.5, 0.6) is 0 Å². The molecule has 1 aromatic carbocycles. The van der Waals surface area contributed by atoms with Gasteiger partial charge < -0.3 is 9.73 Å². The summed E-state index contributed by atoms with van der Waals surface area (Å²) < 4.78 is 5.32. The van der Waals surface area contributed by atoms with Crippen LogP contribution in [0.25, 0.3) is 0 Å². The van der Waals surface area contributed by atoms with Crippen molar-refractivity contribution in [1.29, 1.82) is 5.26 Å². The second-order valence-corrected chi connectivity index (χ2v) is 3.41. The van der Waals surface area contributed by atoms with Gasteiger partial charge in [0.25, 0.3) is 0 Å². The van der Waals surface area contributed by atoms with Crippen LogP contribution in [0, 0.1) is 18.3 Å². The molecule has 0 saturated carbocycles. The van der Waals surface area contributed by atoms with Gasteiger partial charge in [-0.25, -0.2) is 4.98 Å². The van der Waals surface area contributed by atoms with E-state index in [9.17, 15) is 0 Å². The molecule has 4 nitrogen and oxygen atoms in total. The summed E-state index contributed by atoms with van der Waals surface area (Å²) in [6.07, 6.45) is 1.68. The molecule has 0 aliphatic carbocycles. The number of oxazole rings is 1. The lowest BCUT2D eigenvalue weighted by Gasteiger charge is -2.03. The lowest BCUT2D eigenvalue weighted by atomic mass is 10.2. The molecule has 1 N–H and O–H groups in total. The van der Waals surface area contributed by atoms with Crippen LogP contribution >= 0.6 is 0 Å². The quantitative estimate of drug-likeness (QED) is 0.850. The molecule has 0 spiro atoms. The van der Waals surface area contributed by atoms with Gasteiger partial charge in [-0.2, -0.15) is 5.26 Å². The highest BCUT2D eigenvalue weighted by Crippen LogP contribution is 2.11. The Bertz CT molecular complexity index is 525. The number of benzene rings is 1. The molecular formula is C12H11N3O. The van der Waals surface area contributed by atoms with Gasteiger partial charge in [0.1, 0.15) is 5.76 Å². The summed E-state index contributed by atoms with van der Waals surface area (Å²) in [6, 6.07) is 9.38. The summed E-state index contributed by atoms with van der Waals surface area (Å²) in [4.78, 5) is 4.08. The highest BCUT2D eigenvalue weighted by Gasteiger charge is 2.00. The van der Waals surface area contributed by atoms with E-state index in [0.29, 0.717) is 18.0 Å². The van der Waals surface area contributed by atoms with Gasteiger partial charge in [0.15, 0.2) is 0 Å². The van der Waals surface area contributed by atoms with Crippen LogP contribution in [0.2, 0.25) is 0 Å². The van der Waals surface area contributed by atoms with Gasteiger partial charge in [-0.3, -0.25) is 0 Å². The summed E-state index contributed by atoms with van der Waals surface area (Å²) in [5.74, 6) is 1.43. The van der Waals surface area contributed by atoms with E-state index < -0.39 is 0 Å². The van der Waals surface area contributed by atoms with Crippen LogP contribution in [-0.2, 0) is 6.54 Å². The Morgan fingerprint density at radius 2 is 2.38 bits per heavy atom. The zero-order chi connectivity index (χ0) is 11.4. The van der Waals surface area contributed by atoms with Crippen LogP contribution in [0.1, 0.15) is 17.2 Å². The fourth-order valence-corrected chi connectivity index (χ4v) is 1.36. The molecular weight excluding hydrogens is 202 g/mol. The zero-order valence-electron chi connectivity index (χ0n) is 8.90. The molecule has 2 rings (SSSR count). The van der Waals surface area contributed by atoms with E-state index in [4.69, 9.17) is 9.68 Å². The maximum Gasteiger partial charge on any atom is 0.213 e. The van der Waals surface area contributed by atoms with Gasteiger partial charge in [0, 0.05) is 5.69 Å². The summed E-state index contributed by atoms with van der Waals surface area (Å²) in [5.41, 5.74) is 1.52. The second-order valence-electron chi connectivity index (χ2n) is 3.41. The van der Waals surface area contributed by atoms with E-state index >= 15 is 0 Å². The van der Waals surface area contributed by atoms with Gasteiger partial charge in [-0.1, -0.05) is 6.07 Å². The Hall–Kier alpha value is -2.28. The minimum absolute atomic E-state index is 0.517. The first-order valence-electron chi connectivity index (χ1n) is 4.93. The monoisotopic (exact) mass is 213 g/mol. The van der Waals surface area contributed by atoms with Crippen molar-refractivity contribution in [2.24, 2.45) is 0 Å². The molecule has 1 aromatic heterocycles. The normalized spacial score (nSPS) is 9.75. The number of aryl methyl sites for hydroxylation is 1. The first kappa shape index (κ1) is 10.2. The number of anilines is 1. The molecule has 1 heterocycles. The molecule has 0 amide bonds. The predicted molar refractivity (Wildman–Crippen MR) is 59.7 cm³/mol. The third kappa shape index (κ3) is 2.39. The lowest BCUT2D eigenvalue weighted by Crippen LogP contribution is -1.99. The number of hydrogen-bond acceptors (Lipinski definition) is 4. The van der Waals surface area contributed by atoms with Crippen molar-refractivity contribution in [3.63, 3.8) is 0 Å². The van der Waals surface area contributed by atoms with Gasteiger partial charge in [-0.15, -0.1) is 0 Å². The maximum atomic E-state index is 8.74. The van der Waals surface area contributed by atoms with Crippen molar-refractivity contribution >= 4 is 5.69 Å². The van der Waals surface area contributed by atoms with E-state index in [1.54, 1.807) is 18.3 Å². The highest BCUT2D eigenvalue weighted by molar-refractivity contribution is 5.48. The van der Waals surface area contributed by atoms with E-state index in [-0.39, 0.29) is 0 Å². The molecule has 0 saturated heterocycles. The van der Waals surface area contributed by atoms with Gasteiger partial charge in [0.2, 0.25) is 5.89 Å². The molecule has 0 atom stereocenters. The zero-order valence-corrected chi connectivity index (χ0v) is 8.90. The fraction of sp³-hybridized carbons (Fsp3) is 0.167. The first-order valence-corrected chi connectivity index (χ1v) is 4.93. The third-order valence-corrected chi connectivity index (χ3v) is 2.10. The first-order chi connectivity index (χ1) is 7.78. The molecule has 0 radical (unpaired) electrons. The highest BCUT2D eigenvalue weighted by atomic mass is 16.4. The minimum Gasteiger partial charge on any atom is -0.444 e. The average Bonchev–Trinajstić information content (AvgIpc) is 2.73. The number of nitriles is 1. The Labute approximate surface area is 93.5 Å². The van der Waals surface area contributed by atoms with Gasteiger partial charge in [0.05, 0.1) is 24.4 Å². The van der Waals surface area contributed by atoms with E-state index in [1.807, 2.05) is 19.1 Å². The summed E-state index contributed by atoms with van der Waals surface area (Å²) in [5, 5.41) is 11.9. The predicted octanol–water partition coefficient (Wildman–Crippen LogP) is 2.47. The maximum absolute atomic E-state index is 8.74. The molecule has 0 aliphatic rings. The van der Waals surface area contributed by atoms with E-state index in [2.05, 4.69) is 16.4 Å². The molecule has 2 aromatic rings. The van der Waals surface area contributed by atoms with Crippen molar-refractivity contribution in [2.45, 2.75) is 13.5 Å². The Balaban J connectivity index is 2.02. The smallest absolute Gasteiger partial charge is 0.213 e. The molecule has 80 valence electrons. The number of nitrogens with zero attached hydrogens (tertiary/aromatic N) is 2. The second kappa shape index (κ2) is 4.49. The largest absolute Gasteiger partial charge is 0.444 e. The average molecular weight is 213 g/mol. The summed E-state index contributed by atoms with van der Waals surface area (Å²) >= 11 is 0. The molecule has 0 aliphatic heterocycles. The van der Waals surface area contributed by atoms with Crippen LogP contribution in [0.15, 0.2) is 34.9 Å². The van der Waals surface area contributed by atoms with E-state index in [0.717, 1.165) is 11.4 Å². The molecule has 16 heavy (non-hydrogen) atoms. The van der Waals surface area contributed by atoms with Crippen molar-refractivity contribution in [1.82, 2.24) is 4.98 Å². The Morgan fingerprint density at radius 3 is 3.06 bits per heavy atom. The Kier molecular flexibility index (Phi) is 2.88. The topological polar surface area (TPSA) is 61.9 Å². The summed E-state index contributed by atoms with van der Waals surface area (Å²) in [7, 11) is 0. The minimum atomic E-state index is 0.517. The van der Waals surface area contributed by atoms with Crippen LogP contribution < -0.4 is 5.32 Å². The number of nitrogens with one attached hydrogen (secondary N) is 1. The molecule has 4 heteroatoms. The molecule has 0 fully saturated rings. The van der Waals surface area contributed by atoms with Crippen LogP contribution in [0.4, 0.5) is 5.69 Å². The number of hydrogen-bond donors (Lipinski definition) is 1. The van der Waals surface area contributed by atoms with Crippen molar-refractivity contribution in [2.75, 3.05) is 5.32 Å². The standard InChI is InChI=1S/C12H11N3O/c1-9-7-15-12(16-9)8-14-11-4-2-3-10(5-11)6-13/h2-5,7,14H,8H2,1H3. The fourth-order valence-electron chi connectivity index (χ4n) is 1.36. The van der Waals surface area contributed by atoms with Crippen molar-refractivity contribution < 1.29 is 4.42 Å². The van der Waals surface area contributed by atoms with Gasteiger partial charge in [-0.05, 0) is 25.1 Å². The number of rotatable bonds is 3. The van der Waals surface area contributed by atoms with Crippen molar-refractivity contribution in [3.05, 3.63) is 47.7 Å². The summed E-state index contributed by atoms with van der Waals surface area (Å²) in [6.45, 7) is 2.37. The van der Waals surface area contributed by atoms with E-state index in [1.165, 1.54) is 0 Å². The van der Waals surface area contributed by atoms with Crippen molar-refractivity contribution in [3.8, 4) is 6.07 Å². The number of aromatic nitrogens is 1. The third-order valence-electron chi connectivity index (χ3n) is 2.10. The van der Waals surface area contributed by atoms with Crippen LogP contribution in [-0.4, -0.2) is 4.98 Å².